The third-order valence-corrected chi connectivity index (χ3v) is 11.3. The third-order valence-electron chi connectivity index (χ3n) is 7.79. The molecule has 0 fully saturated rings. The van der Waals surface area contributed by atoms with Crippen molar-refractivity contribution in [1.82, 2.24) is 0 Å². The Morgan fingerprint density at radius 2 is 1.11 bits per heavy atom. The fourth-order valence-electron chi connectivity index (χ4n) is 5.72. The highest BCUT2D eigenvalue weighted by Gasteiger charge is 2.28. The van der Waals surface area contributed by atoms with Gasteiger partial charge in [-0.15, -0.1) is 0 Å². The van der Waals surface area contributed by atoms with E-state index in [0.717, 1.165) is 17.1 Å². The minimum absolute atomic E-state index is 1.08. The fourth-order valence-corrected chi connectivity index (χ4v) is 8.11. The Balaban J connectivity index is 1.57. The van der Waals surface area contributed by atoms with Gasteiger partial charge in [-0.3, -0.25) is 0 Å². The second-order valence-corrected chi connectivity index (χ2v) is 14.8. The van der Waals surface area contributed by atoms with Gasteiger partial charge in [0.1, 0.15) is 8.07 Å². The van der Waals surface area contributed by atoms with E-state index in [1.807, 2.05) is 0 Å². The maximum absolute atomic E-state index is 3.68. The quantitative estimate of drug-likeness (QED) is 0.183. The van der Waals surface area contributed by atoms with Crippen LogP contribution in [0, 0.1) is 0 Å². The zero-order valence-electron chi connectivity index (χ0n) is 21.1. The third kappa shape index (κ3) is 3.62. The Morgan fingerprint density at radius 1 is 0.514 bits per heavy atom. The van der Waals surface area contributed by atoms with Gasteiger partial charge in [0.2, 0.25) is 0 Å². The molecule has 0 spiro atoms. The van der Waals surface area contributed by atoms with E-state index < -0.39 is 8.07 Å². The summed E-state index contributed by atoms with van der Waals surface area (Å²) in [4.78, 5) is 2.43. The molecule has 0 saturated carbocycles. The number of nitrogens with zero attached hydrogens (tertiary/aromatic N) is 1. The molecule has 0 amide bonds. The van der Waals surface area contributed by atoms with E-state index in [1.54, 1.807) is 0 Å². The Hall–Kier alpha value is -4.34. The van der Waals surface area contributed by atoms with Crippen LogP contribution in [0.3, 0.4) is 0 Å². The maximum atomic E-state index is 3.68. The van der Waals surface area contributed by atoms with Crippen LogP contribution in [-0.2, 0) is 0 Å². The SMILES string of the molecule is C[Si]1(C)c2cccc(c2)Nc2cccc(c2)N(c2cc3ccccc3c3ccccc23)c2cccc1c2. The van der Waals surface area contributed by atoms with Crippen molar-refractivity contribution >= 4 is 68.4 Å². The van der Waals surface area contributed by atoms with Gasteiger partial charge in [0.05, 0.1) is 5.69 Å². The first-order valence-corrected chi connectivity index (χ1v) is 15.9. The van der Waals surface area contributed by atoms with Gasteiger partial charge in [0.15, 0.2) is 0 Å². The molecule has 0 radical (unpaired) electrons. The van der Waals surface area contributed by atoms with Gasteiger partial charge in [0.25, 0.3) is 0 Å². The van der Waals surface area contributed by atoms with E-state index in [-0.39, 0.29) is 0 Å². The molecular weight excluding hydrogens is 464 g/mol. The number of nitrogens with one attached hydrogen (secondary N) is 1. The first-order chi connectivity index (χ1) is 18.1. The summed E-state index contributed by atoms with van der Waals surface area (Å²) in [6.45, 7) is 4.90. The van der Waals surface area contributed by atoms with Gasteiger partial charge in [-0.25, -0.2) is 0 Å². The number of fused-ring (bicyclic) bond motifs is 9. The van der Waals surface area contributed by atoms with Gasteiger partial charge in [-0.05, 0) is 64.7 Å². The van der Waals surface area contributed by atoms with Crippen LogP contribution >= 0.6 is 0 Å². The van der Waals surface area contributed by atoms with Crippen LogP contribution in [0.4, 0.5) is 28.4 Å². The summed E-state index contributed by atoms with van der Waals surface area (Å²) in [7, 11) is -1.93. The van der Waals surface area contributed by atoms with E-state index in [0.29, 0.717) is 0 Å². The topological polar surface area (TPSA) is 15.3 Å². The lowest BCUT2D eigenvalue weighted by atomic mass is 9.99. The normalized spacial score (nSPS) is 14.1. The largest absolute Gasteiger partial charge is 0.355 e. The molecule has 0 atom stereocenters. The van der Waals surface area contributed by atoms with Crippen molar-refractivity contribution in [2.45, 2.75) is 13.1 Å². The monoisotopic (exact) mass is 492 g/mol. The molecule has 0 saturated heterocycles. The number of hydrogen-bond donors (Lipinski definition) is 1. The molecular formula is C34H28N2Si. The smallest absolute Gasteiger partial charge is 0.112 e. The molecule has 1 N–H and O–H groups in total. The summed E-state index contributed by atoms with van der Waals surface area (Å²) < 4.78 is 0. The number of rotatable bonds is 1. The summed E-state index contributed by atoms with van der Waals surface area (Å²) in [5.41, 5.74) is 5.74. The van der Waals surface area contributed by atoms with Gasteiger partial charge < -0.3 is 10.2 Å². The minimum atomic E-state index is -1.93. The molecule has 6 aromatic carbocycles. The standard InChI is InChI=1S/C34H28N2Si/c1-37(2)29-15-8-12-26(22-29)35-25-11-7-13-27(21-25)36(28-14-9-16-30(37)23-28)34-20-24-10-3-4-17-31(24)32-18-5-6-19-33(32)34/h3-23,35H,1-2H3. The highest BCUT2D eigenvalue weighted by molar-refractivity contribution is 7.00. The van der Waals surface area contributed by atoms with Crippen molar-refractivity contribution in [3.05, 3.63) is 127 Å². The highest BCUT2D eigenvalue weighted by atomic mass is 28.3. The van der Waals surface area contributed by atoms with E-state index in [1.165, 1.54) is 43.3 Å². The number of hydrogen-bond acceptors (Lipinski definition) is 2. The van der Waals surface area contributed by atoms with Crippen molar-refractivity contribution < 1.29 is 0 Å². The van der Waals surface area contributed by atoms with Crippen molar-refractivity contribution in [1.29, 1.82) is 0 Å². The summed E-state index contributed by atoms with van der Waals surface area (Å²) >= 11 is 0. The minimum Gasteiger partial charge on any atom is -0.355 e. The predicted molar refractivity (Wildman–Crippen MR) is 163 cm³/mol. The lowest BCUT2D eigenvalue weighted by molar-refractivity contribution is 1.30. The first-order valence-electron chi connectivity index (χ1n) is 12.9. The van der Waals surface area contributed by atoms with Crippen molar-refractivity contribution in [3.8, 4) is 0 Å². The van der Waals surface area contributed by atoms with Gasteiger partial charge in [0, 0.05) is 28.1 Å². The molecule has 1 heterocycles. The van der Waals surface area contributed by atoms with Crippen LogP contribution in [0.5, 0.6) is 0 Å². The molecule has 178 valence electrons. The van der Waals surface area contributed by atoms with Crippen LogP contribution in [0.2, 0.25) is 13.1 Å². The summed E-state index contributed by atoms with van der Waals surface area (Å²) in [5.74, 6) is 0. The highest BCUT2D eigenvalue weighted by Crippen LogP contribution is 2.42. The molecule has 0 unspecified atom stereocenters. The molecule has 0 aliphatic carbocycles. The molecule has 6 bridgehead atoms. The lowest BCUT2D eigenvalue weighted by Crippen LogP contribution is -2.52. The number of benzene rings is 6. The lowest BCUT2D eigenvalue weighted by Gasteiger charge is -2.31. The molecule has 37 heavy (non-hydrogen) atoms. The zero-order valence-corrected chi connectivity index (χ0v) is 22.1. The average molecular weight is 493 g/mol. The van der Waals surface area contributed by atoms with Crippen molar-refractivity contribution in [3.63, 3.8) is 0 Å². The summed E-state index contributed by atoms with van der Waals surface area (Å²) in [6, 6.07) is 46.8. The molecule has 2 nitrogen and oxygen atoms in total. The first kappa shape index (κ1) is 21.9. The Bertz CT molecular complexity index is 1800. The van der Waals surface area contributed by atoms with Crippen LogP contribution < -0.4 is 20.6 Å². The van der Waals surface area contributed by atoms with Crippen molar-refractivity contribution in [2.24, 2.45) is 0 Å². The van der Waals surface area contributed by atoms with Crippen LogP contribution in [0.1, 0.15) is 0 Å². The van der Waals surface area contributed by atoms with Crippen LogP contribution in [-0.4, -0.2) is 8.07 Å². The zero-order chi connectivity index (χ0) is 25.0. The maximum Gasteiger partial charge on any atom is 0.112 e. The fraction of sp³-hybridized carbons (Fsp3) is 0.0588. The summed E-state index contributed by atoms with van der Waals surface area (Å²) in [6.07, 6.45) is 0. The summed E-state index contributed by atoms with van der Waals surface area (Å²) in [5, 5.41) is 11.6. The molecule has 1 aliphatic rings. The predicted octanol–water partition coefficient (Wildman–Crippen LogP) is 8.34. The van der Waals surface area contributed by atoms with E-state index in [2.05, 4.69) is 151 Å². The second-order valence-electron chi connectivity index (χ2n) is 10.4. The van der Waals surface area contributed by atoms with Crippen LogP contribution in [0.25, 0.3) is 21.5 Å². The second kappa shape index (κ2) is 8.36. The average Bonchev–Trinajstić information content (AvgIpc) is 2.93. The van der Waals surface area contributed by atoms with Crippen LogP contribution in [0.15, 0.2) is 127 Å². The molecule has 7 rings (SSSR count). The molecule has 3 heteroatoms. The molecule has 1 aliphatic heterocycles. The Labute approximate surface area is 218 Å². The van der Waals surface area contributed by atoms with Crippen molar-refractivity contribution in [2.75, 3.05) is 10.2 Å². The van der Waals surface area contributed by atoms with Gasteiger partial charge in [-0.2, -0.15) is 0 Å². The Kier molecular flexibility index (Phi) is 4.95. The molecule has 6 aromatic rings. The van der Waals surface area contributed by atoms with E-state index in [9.17, 15) is 0 Å². The molecule has 0 aromatic heterocycles. The van der Waals surface area contributed by atoms with E-state index >= 15 is 0 Å². The van der Waals surface area contributed by atoms with Gasteiger partial charge >= 0.3 is 0 Å². The van der Waals surface area contributed by atoms with E-state index in [4.69, 9.17) is 0 Å². The Morgan fingerprint density at radius 3 is 1.92 bits per heavy atom. The number of anilines is 5. The van der Waals surface area contributed by atoms with Gasteiger partial charge in [-0.1, -0.05) is 102 Å².